The number of aryl methyl sites for hydroxylation is 1. The number of rotatable bonds is 6. The van der Waals surface area contributed by atoms with Gasteiger partial charge in [0.2, 0.25) is 11.1 Å². The molecule has 5 aromatic rings. The first kappa shape index (κ1) is 22.4. The molecule has 0 atom stereocenters. The molecule has 3 aromatic carbocycles. The monoisotopic (exact) mass is 506 g/mol. The highest BCUT2D eigenvalue weighted by Crippen LogP contribution is 2.31. The Labute approximate surface area is 209 Å². The number of carbonyl (C=O) groups excluding carboxylic acids is 1. The van der Waals surface area contributed by atoms with Gasteiger partial charge in [-0.1, -0.05) is 41.6 Å². The van der Waals surface area contributed by atoms with Gasteiger partial charge in [-0.3, -0.25) is 4.79 Å². The van der Waals surface area contributed by atoms with Crippen LogP contribution in [0.3, 0.4) is 0 Å². The van der Waals surface area contributed by atoms with E-state index >= 15 is 0 Å². The van der Waals surface area contributed by atoms with E-state index in [1.165, 1.54) is 22.0 Å². The van der Waals surface area contributed by atoms with Gasteiger partial charge in [-0.2, -0.15) is 0 Å². The van der Waals surface area contributed by atoms with Crippen LogP contribution in [0, 0.1) is 6.92 Å². The van der Waals surface area contributed by atoms with E-state index in [0.29, 0.717) is 27.3 Å². The summed E-state index contributed by atoms with van der Waals surface area (Å²) < 4.78 is 2.50. The Bertz CT molecular complexity index is 1500. The van der Waals surface area contributed by atoms with Crippen LogP contribution in [0.4, 0.5) is 5.69 Å². The molecule has 34 heavy (non-hydrogen) atoms. The highest BCUT2D eigenvalue weighted by atomic mass is 35.5. The summed E-state index contributed by atoms with van der Waals surface area (Å²) in [7, 11) is 0. The third kappa shape index (κ3) is 4.63. The molecule has 170 valence electrons. The molecule has 0 aliphatic heterocycles. The van der Waals surface area contributed by atoms with E-state index in [1.807, 2.05) is 48.5 Å². The van der Waals surface area contributed by atoms with Gasteiger partial charge in [0.05, 0.1) is 21.0 Å². The molecule has 0 fully saturated rings. The number of hydrogen-bond donors (Lipinski definition) is 2. The maximum Gasteiger partial charge on any atom is 0.234 e. The number of nitrogens with one attached hydrogen (secondary N) is 1. The minimum Gasteiger partial charge on any atom is -0.335 e. The van der Waals surface area contributed by atoms with Gasteiger partial charge in [0.25, 0.3) is 0 Å². The quantitative estimate of drug-likeness (QED) is 0.229. The molecule has 0 spiro atoms. The molecule has 0 saturated heterocycles. The summed E-state index contributed by atoms with van der Waals surface area (Å²) in [5.74, 6) is 6.53. The number of thiazole rings is 1. The van der Waals surface area contributed by atoms with E-state index in [0.717, 1.165) is 20.8 Å². The van der Waals surface area contributed by atoms with Gasteiger partial charge in [0, 0.05) is 16.8 Å². The number of nitrogens with two attached hydrogens (primary N) is 1. The molecule has 10 heteroatoms. The van der Waals surface area contributed by atoms with Gasteiger partial charge in [-0.05, 0) is 61.0 Å². The van der Waals surface area contributed by atoms with Crippen LogP contribution >= 0.6 is 34.7 Å². The first-order valence-electron chi connectivity index (χ1n) is 10.3. The molecule has 1 amide bonds. The standard InChI is InChI=1S/C24H19ClN6OS2/c1-14-6-11-19-20(12-14)34-23(28-19)15-7-9-16(10-8-15)27-21(32)13-33-24-30-29-22(31(24)26)17-4-2-3-5-18(17)25/h2-12H,13,26H2,1H3,(H,27,32). The number of nitrogen functional groups attached to an aromatic ring is 1. The molecule has 5 rings (SSSR count). The Balaban J connectivity index is 1.22. The van der Waals surface area contributed by atoms with Crippen molar-refractivity contribution < 1.29 is 4.79 Å². The van der Waals surface area contributed by atoms with Crippen LogP contribution in [0.2, 0.25) is 5.02 Å². The molecule has 3 N–H and O–H groups in total. The van der Waals surface area contributed by atoms with Crippen molar-refractivity contribution in [1.29, 1.82) is 0 Å². The Hall–Kier alpha value is -3.40. The smallest absolute Gasteiger partial charge is 0.234 e. The number of amides is 1. The summed E-state index contributed by atoms with van der Waals surface area (Å²) in [6.45, 7) is 2.07. The Morgan fingerprint density at radius 1 is 1.12 bits per heavy atom. The van der Waals surface area contributed by atoms with Crippen LogP contribution in [0.5, 0.6) is 0 Å². The number of halogens is 1. The summed E-state index contributed by atoms with van der Waals surface area (Å²) in [5, 5.41) is 13.0. The van der Waals surface area contributed by atoms with Gasteiger partial charge in [-0.15, -0.1) is 21.5 Å². The summed E-state index contributed by atoms with van der Waals surface area (Å²) >= 11 is 9.08. The van der Waals surface area contributed by atoms with Crippen LogP contribution in [-0.2, 0) is 4.79 Å². The molecular weight excluding hydrogens is 488 g/mol. The third-order valence-corrected chi connectivity index (χ3v) is 7.41. The molecule has 7 nitrogen and oxygen atoms in total. The van der Waals surface area contributed by atoms with Crippen molar-refractivity contribution in [3.05, 3.63) is 77.3 Å². The Morgan fingerprint density at radius 2 is 1.91 bits per heavy atom. The highest BCUT2D eigenvalue weighted by molar-refractivity contribution is 7.99. The van der Waals surface area contributed by atoms with E-state index in [9.17, 15) is 4.79 Å². The average Bonchev–Trinajstić information content (AvgIpc) is 3.41. The van der Waals surface area contributed by atoms with Gasteiger partial charge in [0.15, 0.2) is 5.82 Å². The van der Waals surface area contributed by atoms with Crippen molar-refractivity contribution in [2.75, 3.05) is 16.9 Å². The van der Waals surface area contributed by atoms with Crippen LogP contribution in [0.1, 0.15) is 5.56 Å². The van der Waals surface area contributed by atoms with Crippen LogP contribution in [0.15, 0.2) is 71.9 Å². The molecule has 2 heterocycles. The lowest BCUT2D eigenvalue weighted by molar-refractivity contribution is -0.113. The number of benzene rings is 3. The SMILES string of the molecule is Cc1ccc2nc(-c3ccc(NC(=O)CSc4nnc(-c5ccccc5Cl)n4N)cc3)sc2c1. The molecule has 2 aromatic heterocycles. The van der Waals surface area contributed by atoms with Crippen molar-refractivity contribution in [2.45, 2.75) is 12.1 Å². The Morgan fingerprint density at radius 3 is 2.71 bits per heavy atom. The van der Waals surface area contributed by atoms with E-state index < -0.39 is 0 Å². The Kier molecular flexibility index (Phi) is 6.23. The number of hydrogen-bond acceptors (Lipinski definition) is 7. The van der Waals surface area contributed by atoms with E-state index in [2.05, 4.69) is 34.6 Å². The number of fused-ring (bicyclic) bond motifs is 1. The summed E-state index contributed by atoms with van der Waals surface area (Å²) in [6, 6.07) is 21.2. The first-order valence-corrected chi connectivity index (χ1v) is 12.5. The topological polar surface area (TPSA) is 98.7 Å². The highest BCUT2D eigenvalue weighted by Gasteiger charge is 2.16. The molecular formula is C24H19ClN6OS2. The largest absolute Gasteiger partial charge is 0.335 e. The number of carbonyl (C=O) groups is 1. The minimum atomic E-state index is -0.171. The van der Waals surface area contributed by atoms with Gasteiger partial charge in [-0.25, -0.2) is 9.66 Å². The van der Waals surface area contributed by atoms with Crippen LogP contribution in [-0.4, -0.2) is 31.5 Å². The second-order valence-corrected chi connectivity index (χ2v) is 9.94. The van der Waals surface area contributed by atoms with Gasteiger partial charge >= 0.3 is 0 Å². The van der Waals surface area contributed by atoms with Crippen molar-refractivity contribution in [2.24, 2.45) is 0 Å². The second-order valence-electron chi connectivity index (χ2n) is 7.56. The molecule has 0 saturated carbocycles. The fourth-order valence-electron chi connectivity index (χ4n) is 3.38. The van der Waals surface area contributed by atoms with E-state index in [4.69, 9.17) is 22.4 Å². The van der Waals surface area contributed by atoms with Crippen LogP contribution in [0.25, 0.3) is 32.2 Å². The lowest BCUT2D eigenvalue weighted by atomic mass is 10.2. The summed E-state index contributed by atoms with van der Waals surface area (Å²) in [6.07, 6.45) is 0. The summed E-state index contributed by atoms with van der Waals surface area (Å²) in [5.41, 5.74) is 4.60. The lowest BCUT2D eigenvalue weighted by Gasteiger charge is -2.07. The maximum atomic E-state index is 12.5. The predicted octanol–water partition coefficient (Wildman–Crippen LogP) is 5.63. The normalized spacial score (nSPS) is 11.1. The molecule has 0 unspecified atom stereocenters. The third-order valence-electron chi connectivity index (χ3n) is 5.07. The van der Waals surface area contributed by atoms with Gasteiger partial charge in [0.1, 0.15) is 5.01 Å². The number of thioether (sulfide) groups is 1. The zero-order valence-corrected chi connectivity index (χ0v) is 20.4. The van der Waals surface area contributed by atoms with E-state index in [1.54, 1.807) is 17.4 Å². The van der Waals surface area contributed by atoms with Crippen molar-refractivity contribution >= 4 is 56.5 Å². The maximum absolute atomic E-state index is 12.5. The second kappa shape index (κ2) is 9.46. The zero-order chi connectivity index (χ0) is 23.7. The molecule has 0 bridgehead atoms. The average molecular weight is 507 g/mol. The molecule has 0 radical (unpaired) electrons. The lowest BCUT2D eigenvalue weighted by Crippen LogP contribution is -2.16. The number of nitrogens with zero attached hydrogens (tertiary/aromatic N) is 4. The van der Waals surface area contributed by atoms with Crippen molar-refractivity contribution in [3.63, 3.8) is 0 Å². The first-order chi connectivity index (χ1) is 16.5. The van der Waals surface area contributed by atoms with Crippen molar-refractivity contribution in [3.8, 4) is 22.0 Å². The molecule has 0 aliphatic rings. The van der Waals surface area contributed by atoms with Crippen molar-refractivity contribution in [1.82, 2.24) is 19.9 Å². The number of aromatic nitrogens is 4. The fraction of sp³-hybridized carbons (Fsp3) is 0.0833. The number of anilines is 1. The van der Waals surface area contributed by atoms with Gasteiger partial charge < -0.3 is 11.2 Å². The zero-order valence-electron chi connectivity index (χ0n) is 18.0. The summed E-state index contributed by atoms with van der Waals surface area (Å²) in [4.78, 5) is 17.2. The fourth-order valence-corrected chi connectivity index (χ4v) is 5.33. The minimum absolute atomic E-state index is 0.136. The van der Waals surface area contributed by atoms with Crippen LogP contribution < -0.4 is 11.2 Å². The molecule has 0 aliphatic carbocycles. The predicted molar refractivity (Wildman–Crippen MR) is 140 cm³/mol. The van der Waals surface area contributed by atoms with E-state index in [-0.39, 0.29) is 11.7 Å².